The van der Waals surface area contributed by atoms with Crippen LogP contribution in [0, 0.1) is 0 Å². The number of rotatable bonds is 2. The molecule has 1 aromatic rings. The number of likely N-dealkylation sites (tertiary alicyclic amines) is 1. The Bertz CT molecular complexity index is 409. The van der Waals surface area contributed by atoms with Crippen LogP contribution in [-0.4, -0.2) is 31.1 Å². The van der Waals surface area contributed by atoms with E-state index < -0.39 is 0 Å². The summed E-state index contributed by atoms with van der Waals surface area (Å²) in [4.78, 5) is 2.70. The summed E-state index contributed by atoms with van der Waals surface area (Å²) in [6.07, 6.45) is 4.05. The molecular formula is C16H24N2. The van der Waals surface area contributed by atoms with Gasteiger partial charge in [0.25, 0.3) is 0 Å². The Morgan fingerprint density at radius 3 is 2.44 bits per heavy atom. The average Bonchev–Trinajstić information content (AvgIpc) is 2.92. The normalized spacial score (nSPS) is 32.4. The summed E-state index contributed by atoms with van der Waals surface area (Å²) in [6.45, 7) is 4.96. The third kappa shape index (κ3) is 1.98. The molecule has 0 bridgehead atoms. The first kappa shape index (κ1) is 12.2. The zero-order chi connectivity index (χ0) is 12.5. The molecule has 1 aromatic carbocycles. The van der Waals surface area contributed by atoms with Gasteiger partial charge in [-0.1, -0.05) is 31.2 Å². The average molecular weight is 244 g/mol. The molecule has 1 saturated heterocycles. The van der Waals surface area contributed by atoms with Crippen LogP contribution in [0.25, 0.3) is 0 Å². The SMILES string of the molecule is CNC1c2ccccc2C(C)CC1N1CCCC1. The highest BCUT2D eigenvalue weighted by Gasteiger charge is 2.36. The summed E-state index contributed by atoms with van der Waals surface area (Å²) in [5.74, 6) is 0.691. The van der Waals surface area contributed by atoms with E-state index in [2.05, 4.69) is 48.5 Å². The molecule has 1 fully saturated rings. The van der Waals surface area contributed by atoms with Gasteiger partial charge in [-0.25, -0.2) is 0 Å². The molecule has 0 radical (unpaired) electrons. The standard InChI is InChI=1S/C16H24N2/c1-12-11-15(18-9-5-6-10-18)16(17-2)14-8-4-3-7-13(12)14/h3-4,7-8,12,15-17H,5-6,9-11H2,1-2H3. The number of hydrogen-bond donors (Lipinski definition) is 1. The van der Waals surface area contributed by atoms with Crippen LogP contribution >= 0.6 is 0 Å². The molecule has 3 rings (SSSR count). The molecule has 2 aliphatic rings. The molecule has 2 heteroatoms. The van der Waals surface area contributed by atoms with Crippen molar-refractivity contribution in [2.75, 3.05) is 20.1 Å². The number of fused-ring (bicyclic) bond motifs is 1. The zero-order valence-electron chi connectivity index (χ0n) is 11.5. The van der Waals surface area contributed by atoms with Crippen molar-refractivity contribution in [1.82, 2.24) is 10.2 Å². The maximum atomic E-state index is 3.57. The molecule has 18 heavy (non-hydrogen) atoms. The number of nitrogens with one attached hydrogen (secondary N) is 1. The van der Waals surface area contributed by atoms with E-state index in [-0.39, 0.29) is 0 Å². The second-order valence-corrected chi connectivity index (χ2v) is 5.84. The van der Waals surface area contributed by atoms with Crippen LogP contribution < -0.4 is 5.32 Å². The smallest absolute Gasteiger partial charge is 0.0478 e. The lowest BCUT2D eigenvalue weighted by atomic mass is 9.77. The molecule has 3 unspecified atom stereocenters. The van der Waals surface area contributed by atoms with Crippen LogP contribution in [-0.2, 0) is 0 Å². The first-order chi connectivity index (χ1) is 8.81. The number of hydrogen-bond acceptors (Lipinski definition) is 2. The molecule has 1 heterocycles. The molecular weight excluding hydrogens is 220 g/mol. The van der Waals surface area contributed by atoms with E-state index in [1.165, 1.54) is 37.9 Å². The maximum Gasteiger partial charge on any atom is 0.0478 e. The minimum atomic E-state index is 0.510. The lowest BCUT2D eigenvalue weighted by Crippen LogP contribution is -2.45. The summed E-state index contributed by atoms with van der Waals surface area (Å²) in [7, 11) is 2.11. The predicted molar refractivity (Wildman–Crippen MR) is 75.9 cm³/mol. The summed E-state index contributed by atoms with van der Waals surface area (Å²) in [6, 6.07) is 10.2. The lowest BCUT2D eigenvalue weighted by molar-refractivity contribution is 0.167. The van der Waals surface area contributed by atoms with E-state index in [1.54, 1.807) is 5.56 Å². The zero-order valence-corrected chi connectivity index (χ0v) is 11.5. The Morgan fingerprint density at radius 2 is 1.78 bits per heavy atom. The van der Waals surface area contributed by atoms with Gasteiger partial charge < -0.3 is 5.32 Å². The fourth-order valence-electron chi connectivity index (χ4n) is 3.86. The minimum absolute atomic E-state index is 0.510. The molecule has 0 spiro atoms. The fraction of sp³-hybridized carbons (Fsp3) is 0.625. The van der Waals surface area contributed by atoms with Crippen LogP contribution in [0.15, 0.2) is 24.3 Å². The Labute approximate surface area is 110 Å². The monoisotopic (exact) mass is 244 g/mol. The second-order valence-electron chi connectivity index (χ2n) is 5.84. The Morgan fingerprint density at radius 1 is 1.11 bits per heavy atom. The van der Waals surface area contributed by atoms with Crippen LogP contribution in [0.1, 0.15) is 49.3 Å². The van der Waals surface area contributed by atoms with Gasteiger partial charge in [0, 0.05) is 12.1 Å². The molecule has 2 nitrogen and oxygen atoms in total. The predicted octanol–water partition coefficient (Wildman–Crippen LogP) is 2.92. The van der Waals surface area contributed by atoms with Crippen LogP contribution in [0.4, 0.5) is 0 Å². The van der Waals surface area contributed by atoms with Gasteiger partial charge in [-0.15, -0.1) is 0 Å². The van der Waals surface area contributed by atoms with Gasteiger partial charge in [0.15, 0.2) is 0 Å². The highest BCUT2D eigenvalue weighted by molar-refractivity contribution is 5.36. The number of benzene rings is 1. The van der Waals surface area contributed by atoms with Crippen molar-refractivity contribution < 1.29 is 0 Å². The van der Waals surface area contributed by atoms with Gasteiger partial charge in [0.1, 0.15) is 0 Å². The van der Waals surface area contributed by atoms with Crippen molar-refractivity contribution in [2.24, 2.45) is 0 Å². The summed E-state index contributed by atoms with van der Waals surface area (Å²) in [5, 5.41) is 3.57. The Kier molecular flexibility index (Phi) is 3.40. The molecule has 1 N–H and O–H groups in total. The van der Waals surface area contributed by atoms with Crippen molar-refractivity contribution in [1.29, 1.82) is 0 Å². The first-order valence-corrected chi connectivity index (χ1v) is 7.31. The highest BCUT2D eigenvalue weighted by atomic mass is 15.2. The summed E-state index contributed by atoms with van der Waals surface area (Å²) >= 11 is 0. The third-order valence-electron chi connectivity index (χ3n) is 4.76. The van der Waals surface area contributed by atoms with Gasteiger partial charge in [-0.3, -0.25) is 4.90 Å². The van der Waals surface area contributed by atoms with Crippen LogP contribution in [0.2, 0.25) is 0 Å². The largest absolute Gasteiger partial charge is 0.312 e. The fourth-order valence-corrected chi connectivity index (χ4v) is 3.86. The van der Waals surface area contributed by atoms with E-state index in [0.29, 0.717) is 18.0 Å². The van der Waals surface area contributed by atoms with Gasteiger partial charge >= 0.3 is 0 Å². The van der Waals surface area contributed by atoms with Crippen molar-refractivity contribution in [3.05, 3.63) is 35.4 Å². The topological polar surface area (TPSA) is 15.3 Å². The maximum absolute atomic E-state index is 3.57. The van der Waals surface area contributed by atoms with Gasteiger partial charge in [-0.2, -0.15) is 0 Å². The quantitative estimate of drug-likeness (QED) is 0.860. The second kappa shape index (κ2) is 5.02. The van der Waals surface area contributed by atoms with E-state index in [4.69, 9.17) is 0 Å². The lowest BCUT2D eigenvalue weighted by Gasteiger charge is -2.41. The van der Waals surface area contributed by atoms with E-state index >= 15 is 0 Å². The summed E-state index contributed by atoms with van der Waals surface area (Å²) in [5.41, 5.74) is 3.07. The molecule has 0 amide bonds. The molecule has 98 valence electrons. The van der Waals surface area contributed by atoms with Crippen LogP contribution in [0.5, 0.6) is 0 Å². The highest BCUT2D eigenvalue weighted by Crippen LogP contribution is 2.40. The summed E-state index contributed by atoms with van der Waals surface area (Å²) < 4.78 is 0. The van der Waals surface area contributed by atoms with Crippen molar-refractivity contribution >= 4 is 0 Å². The van der Waals surface area contributed by atoms with Gasteiger partial charge in [0.2, 0.25) is 0 Å². The molecule has 1 aliphatic carbocycles. The van der Waals surface area contributed by atoms with Crippen LogP contribution in [0.3, 0.4) is 0 Å². The van der Waals surface area contributed by atoms with Crippen molar-refractivity contribution in [2.45, 2.75) is 44.2 Å². The van der Waals surface area contributed by atoms with Gasteiger partial charge in [-0.05, 0) is 56.4 Å². The number of likely N-dealkylation sites (N-methyl/N-ethyl adjacent to an activating group) is 1. The molecule has 0 saturated carbocycles. The minimum Gasteiger partial charge on any atom is -0.312 e. The molecule has 3 atom stereocenters. The van der Waals surface area contributed by atoms with Gasteiger partial charge in [0.05, 0.1) is 0 Å². The van der Waals surface area contributed by atoms with Crippen molar-refractivity contribution in [3.8, 4) is 0 Å². The third-order valence-corrected chi connectivity index (χ3v) is 4.76. The Hall–Kier alpha value is -0.860. The first-order valence-electron chi connectivity index (χ1n) is 7.31. The van der Waals surface area contributed by atoms with E-state index in [0.717, 1.165) is 0 Å². The van der Waals surface area contributed by atoms with E-state index in [1.807, 2.05) is 0 Å². The number of nitrogens with zero attached hydrogens (tertiary/aromatic N) is 1. The molecule has 0 aromatic heterocycles. The molecule has 1 aliphatic heterocycles. The van der Waals surface area contributed by atoms with Crippen molar-refractivity contribution in [3.63, 3.8) is 0 Å². The van der Waals surface area contributed by atoms with E-state index in [9.17, 15) is 0 Å². The Balaban J connectivity index is 1.94.